The van der Waals surface area contributed by atoms with E-state index in [1.807, 2.05) is 0 Å². The third-order valence-corrected chi connectivity index (χ3v) is 6.77. The highest BCUT2D eigenvalue weighted by atomic mass is 16.5. The number of hydrogen-bond donors (Lipinski definition) is 0. The lowest BCUT2D eigenvalue weighted by Gasteiger charge is -2.32. The Bertz CT molecular complexity index is 981. The van der Waals surface area contributed by atoms with Crippen molar-refractivity contribution >= 4 is 11.5 Å². The summed E-state index contributed by atoms with van der Waals surface area (Å²) in [5, 5.41) is 0. The predicted octanol–water partition coefficient (Wildman–Crippen LogP) is 2.65. The topological polar surface area (TPSA) is 53.9 Å². The number of aromatic nitrogens is 2. The minimum absolute atomic E-state index is 0.0223. The summed E-state index contributed by atoms with van der Waals surface area (Å²) in [7, 11) is 2.22. The Morgan fingerprint density at radius 2 is 2.00 bits per heavy atom. The van der Waals surface area contributed by atoms with E-state index in [1.165, 1.54) is 12.0 Å². The number of fused-ring (bicyclic) bond motifs is 3. The van der Waals surface area contributed by atoms with Crippen LogP contribution >= 0.6 is 0 Å². The van der Waals surface area contributed by atoms with E-state index in [0.29, 0.717) is 18.6 Å². The molecule has 0 N–H and O–H groups in total. The maximum absolute atomic E-state index is 6.17. The van der Waals surface area contributed by atoms with Crippen LogP contribution in [0, 0.1) is 0 Å². The van der Waals surface area contributed by atoms with Crippen molar-refractivity contribution in [1.29, 1.82) is 0 Å². The number of piperazine rings is 1. The van der Waals surface area contributed by atoms with Gasteiger partial charge < -0.3 is 9.64 Å². The second-order valence-electron chi connectivity index (χ2n) is 8.93. The third kappa shape index (κ3) is 2.62. The fraction of sp³-hybridized carbons (Fsp3) is 0.500. The lowest BCUT2D eigenvalue weighted by atomic mass is 10.0. The van der Waals surface area contributed by atoms with Gasteiger partial charge in [0.1, 0.15) is 23.5 Å². The Kier molecular flexibility index (Phi) is 3.39. The number of hydrogen-bond acceptors (Lipinski definition) is 6. The van der Waals surface area contributed by atoms with Crippen molar-refractivity contribution in [2.45, 2.75) is 50.4 Å². The van der Waals surface area contributed by atoms with Gasteiger partial charge in [0.15, 0.2) is 0 Å². The standard InChI is InChI=1S/C22H25N5O/c1-22(5-6-22)28-17-4-3-14-10-23-21(18(14)8-17)19-9-20(25-13-24-19)27-12-15-7-16(27)11-26(15)2/h3-4,8-9,13,15-16H,5-7,10-12H2,1-2H3/t15-,16-/m0/s1. The molecule has 0 unspecified atom stereocenters. The number of aliphatic imine (C=N–C) groups is 1. The van der Waals surface area contributed by atoms with Gasteiger partial charge in [0.25, 0.3) is 0 Å². The highest BCUT2D eigenvalue weighted by Gasteiger charge is 2.42. The summed E-state index contributed by atoms with van der Waals surface area (Å²) in [6.07, 6.45) is 5.19. The first kappa shape index (κ1) is 16.5. The molecule has 1 saturated carbocycles. The molecule has 28 heavy (non-hydrogen) atoms. The van der Waals surface area contributed by atoms with Crippen molar-refractivity contribution in [2.75, 3.05) is 25.0 Å². The highest BCUT2D eigenvalue weighted by molar-refractivity contribution is 6.14. The Balaban J connectivity index is 1.30. The molecule has 1 aromatic carbocycles. The Hall–Kier alpha value is -2.47. The van der Waals surface area contributed by atoms with Crippen LogP contribution in [0.4, 0.5) is 5.82 Å². The van der Waals surface area contributed by atoms with Gasteiger partial charge in [-0.15, -0.1) is 0 Å². The molecule has 6 heteroatoms. The Morgan fingerprint density at radius 1 is 1.11 bits per heavy atom. The normalized spacial score (nSPS) is 27.1. The molecule has 0 spiro atoms. The molecule has 6 nitrogen and oxygen atoms in total. The van der Waals surface area contributed by atoms with E-state index >= 15 is 0 Å². The smallest absolute Gasteiger partial charge is 0.132 e. The van der Waals surface area contributed by atoms with E-state index < -0.39 is 0 Å². The minimum Gasteiger partial charge on any atom is -0.488 e. The van der Waals surface area contributed by atoms with Gasteiger partial charge in [0.2, 0.25) is 0 Å². The number of ether oxygens (including phenoxy) is 1. The monoisotopic (exact) mass is 375 g/mol. The summed E-state index contributed by atoms with van der Waals surface area (Å²) in [6.45, 7) is 5.05. The van der Waals surface area contributed by atoms with Gasteiger partial charge in [0, 0.05) is 36.8 Å². The van der Waals surface area contributed by atoms with Gasteiger partial charge in [-0.1, -0.05) is 6.07 Å². The molecule has 0 amide bonds. The lowest BCUT2D eigenvalue weighted by Crippen LogP contribution is -2.45. The summed E-state index contributed by atoms with van der Waals surface area (Å²) in [6, 6.07) is 9.68. The maximum Gasteiger partial charge on any atom is 0.132 e. The molecule has 3 aliphatic heterocycles. The number of anilines is 1. The molecule has 144 valence electrons. The van der Waals surface area contributed by atoms with Crippen LogP contribution in [0.1, 0.15) is 43.0 Å². The van der Waals surface area contributed by atoms with Crippen molar-refractivity contribution < 1.29 is 4.74 Å². The van der Waals surface area contributed by atoms with Crippen LogP contribution in [0.25, 0.3) is 0 Å². The Morgan fingerprint density at radius 3 is 2.75 bits per heavy atom. The van der Waals surface area contributed by atoms with E-state index in [1.54, 1.807) is 6.33 Å². The summed E-state index contributed by atoms with van der Waals surface area (Å²) >= 11 is 0. The predicted molar refractivity (Wildman–Crippen MR) is 108 cm³/mol. The first-order valence-corrected chi connectivity index (χ1v) is 10.2. The first-order chi connectivity index (χ1) is 13.6. The Labute approximate surface area is 165 Å². The fourth-order valence-corrected chi connectivity index (χ4v) is 4.79. The SMILES string of the molecule is CN1C[C@@H]2C[C@H]1CN2c1cc(C2=NCc3ccc(OC4(C)CC4)cc32)ncn1. The molecule has 1 aliphatic carbocycles. The van der Waals surface area contributed by atoms with Crippen LogP contribution < -0.4 is 9.64 Å². The largest absolute Gasteiger partial charge is 0.488 e. The third-order valence-electron chi connectivity index (χ3n) is 6.77. The van der Waals surface area contributed by atoms with Crippen molar-refractivity contribution in [2.24, 2.45) is 4.99 Å². The van der Waals surface area contributed by atoms with Gasteiger partial charge in [-0.25, -0.2) is 9.97 Å². The van der Waals surface area contributed by atoms with Crippen molar-refractivity contribution in [3.63, 3.8) is 0 Å². The molecule has 1 aromatic heterocycles. The van der Waals surface area contributed by atoms with Crippen molar-refractivity contribution in [1.82, 2.24) is 14.9 Å². The van der Waals surface area contributed by atoms with Crippen LogP contribution in [0.2, 0.25) is 0 Å². The van der Waals surface area contributed by atoms with Crippen LogP contribution in [-0.2, 0) is 6.54 Å². The van der Waals surface area contributed by atoms with Gasteiger partial charge in [-0.2, -0.15) is 0 Å². The molecule has 4 heterocycles. The summed E-state index contributed by atoms with van der Waals surface area (Å²) < 4.78 is 6.17. The van der Waals surface area contributed by atoms with E-state index in [2.05, 4.69) is 58.0 Å². The average molecular weight is 375 g/mol. The second kappa shape index (κ2) is 5.77. The fourth-order valence-electron chi connectivity index (χ4n) is 4.79. The molecule has 6 rings (SSSR count). The summed E-state index contributed by atoms with van der Waals surface area (Å²) in [5.41, 5.74) is 4.29. The average Bonchev–Trinajstić information content (AvgIpc) is 3.05. The van der Waals surface area contributed by atoms with Crippen LogP contribution in [0.5, 0.6) is 5.75 Å². The van der Waals surface area contributed by atoms with E-state index in [4.69, 9.17) is 9.73 Å². The zero-order chi connectivity index (χ0) is 18.9. The number of likely N-dealkylation sites (N-methyl/N-ethyl adjacent to an activating group) is 1. The molecule has 2 bridgehead atoms. The molecular weight excluding hydrogens is 350 g/mol. The molecule has 3 fully saturated rings. The highest BCUT2D eigenvalue weighted by Crippen LogP contribution is 2.40. The lowest BCUT2D eigenvalue weighted by molar-refractivity contribution is 0.200. The zero-order valence-electron chi connectivity index (χ0n) is 16.4. The summed E-state index contributed by atoms with van der Waals surface area (Å²) in [5.74, 6) is 1.96. The van der Waals surface area contributed by atoms with Gasteiger partial charge >= 0.3 is 0 Å². The van der Waals surface area contributed by atoms with Crippen molar-refractivity contribution in [3.05, 3.63) is 47.4 Å². The van der Waals surface area contributed by atoms with Crippen LogP contribution in [0.3, 0.4) is 0 Å². The van der Waals surface area contributed by atoms with E-state index in [9.17, 15) is 0 Å². The summed E-state index contributed by atoms with van der Waals surface area (Å²) in [4.78, 5) is 18.9. The molecule has 2 saturated heterocycles. The van der Waals surface area contributed by atoms with E-state index in [-0.39, 0.29) is 5.60 Å². The molecule has 0 radical (unpaired) electrons. The quantitative estimate of drug-likeness (QED) is 0.822. The van der Waals surface area contributed by atoms with Gasteiger partial charge in [-0.3, -0.25) is 9.89 Å². The first-order valence-electron chi connectivity index (χ1n) is 10.2. The molecule has 2 atom stereocenters. The number of benzene rings is 1. The number of likely N-dealkylation sites (tertiary alicyclic amines) is 1. The van der Waals surface area contributed by atoms with Gasteiger partial charge in [-0.05, 0) is 50.9 Å². The van der Waals surface area contributed by atoms with Gasteiger partial charge in [0.05, 0.1) is 18.0 Å². The molecular formula is C22H25N5O. The number of nitrogens with zero attached hydrogens (tertiary/aromatic N) is 5. The number of rotatable bonds is 4. The van der Waals surface area contributed by atoms with E-state index in [0.717, 1.165) is 54.5 Å². The second-order valence-corrected chi connectivity index (χ2v) is 8.93. The van der Waals surface area contributed by atoms with Crippen LogP contribution in [0.15, 0.2) is 35.6 Å². The van der Waals surface area contributed by atoms with Crippen LogP contribution in [-0.4, -0.2) is 58.4 Å². The molecule has 2 aromatic rings. The zero-order valence-corrected chi connectivity index (χ0v) is 16.4. The van der Waals surface area contributed by atoms with Crippen molar-refractivity contribution in [3.8, 4) is 5.75 Å². The minimum atomic E-state index is 0.0223. The molecule has 4 aliphatic rings. The maximum atomic E-state index is 6.17.